The summed E-state index contributed by atoms with van der Waals surface area (Å²) in [7, 11) is 0. The van der Waals surface area contributed by atoms with Crippen molar-refractivity contribution < 1.29 is 14.5 Å². The maximum absolute atomic E-state index is 12.3. The third-order valence-corrected chi connectivity index (χ3v) is 5.80. The topological polar surface area (TPSA) is 96.7 Å². The quantitative estimate of drug-likeness (QED) is 0.499. The van der Waals surface area contributed by atoms with Crippen LogP contribution in [-0.2, 0) is 4.74 Å². The van der Waals surface area contributed by atoms with Gasteiger partial charge in [-0.1, -0.05) is 29.8 Å². The summed E-state index contributed by atoms with van der Waals surface area (Å²) in [6.07, 6.45) is 1.94. The molecular weight excluding hydrogens is 396 g/mol. The summed E-state index contributed by atoms with van der Waals surface area (Å²) >= 11 is 0. The van der Waals surface area contributed by atoms with Gasteiger partial charge in [-0.15, -0.1) is 0 Å². The number of hydrogen-bond donors (Lipinski definition) is 2. The van der Waals surface area contributed by atoms with Gasteiger partial charge in [0.15, 0.2) is 0 Å². The molecule has 31 heavy (non-hydrogen) atoms. The minimum atomic E-state index is -0.439. The molecule has 0 spiro atoms. The van der Waals surface area contributed by atoms with Gasteiger partial charge in [-0.05, 0) is 37.5 Å². The summed E-state index contributed by atoms with van der Waals surface area (Å²) in [5.74, 6) is -0.261. The molecular formula is C23H28N4O4. The fourth-order valence-electron chi connectivity index (χ4n) is 3.81. The first kappa shape index (κ1) is 21.3. The number of nitro benzene ring substituents is 1. The Hall–Kier alpha value is -2.97. The lowest BCUT2D eigenvalue weighted by molar-refractivity contribution is -0.384. The molecule has 0 radical (unpaired) electrons. The third-order valence-electron chi connectivity index (χ3n) is 5.80. The van der Waals surface area contributed by atoms with Crippen LogP contribution < -0.4 is 10.6 Å². The number of nitro groups is 1. The van der Waals surface area contributed by atoms with Gasteiger partial charge in [0.25, 0.3) is 11.6 Å². The zero-order chi connectivity index (χ0) is 21.8. The number of ether oxygens (including phenoxy) is 1. The Kier molecular flexibility index (Phi) is 6.48. The second-order valence-corrected chi connectivity index (χ2v) is 8.19. The van der Waals surface area contributed by atoms with Crippen molar-refractivity contribution in [1.82, 2.24) is 10.2 Å². The fraction of sp³-hybridized carbons (Fsp3) is 0.435. The number of morpholine rings is 1. The van der Waals surface area contributed by atoms with E-state index >= 15 is 0 Å². The van der Waals surface area contributed by atoms with E-state index in [0.717, 1.165) is 31.5 Å². The van der Waals surface area contributed by atoms with Crippen molar-refractivity contribution in [2.75, 3.05) is 38.2 Å². The summed E-state index contributed by atoms with van der Waals surface area (Å²) in [6, 6.07) is 13.3. The Morgan fingerprint density at radius 1 is 1.19 bits per heavy atom. The molecule has 2 aliphatic rings. The molecule has 1 unspecified atom stereocenters. The highest BCUT2D eigenvalue weighted by Crippen LogP contribution is 2.29. The monoisotopic (exact) mass is 424 g/mol. The highest BCUT2D eigenvalue weighted by Gasteiger charge is 2.26. The van der Waals surface area contributed by atoms with E-state index in [4.69, 9.17) is 4.74 Å². The summed E-state index contributed by atoms with van der Waals surface area (Å²) in [6.45, 7) is 5.53. The summed E-state index contributed by atoms with van der Waals surface area (Å²) in [4.78, 5) is 25.9. The van der Waals surface area contributed by atoms with E-state index in [0.29, 0.717) is 31.0 Å². The van der Waals surface area contributed by atoms with Crippen molar-refractivity contribution in [2.24, 2.45) is 0 Å². The van der Waals surface area contributed by atoms with Crippen molar-refractivity contribution >= 4 is 17.3 Å². The van der Waals surface area contributed by atoms with Gasteiger partial charge >= 0.3 is 0 Å². The number of rotatable bonds is 8. The zero-order valence-electron chi connectivity index (χ0n) is 17.7. The lowest BCUT2D eigenvalue weighted by atomic mass is 10.0. The molecule has 1 heterocycles. The van der Waals surface area contributed by atoms with Gasteiger partial charge in [0.1, 0.15) is 5.69 Å². The molecule has 2 N–H and O–H groups in total. The van der Waals surface area contributed by atoms with Gasteiger partial charge in [-0.25, -0.2) is 0 Å². The molecule has 164 valence electrons. The predicted molar refractivity (Wildman–Crippen MR) is 118 cm³/mol. The van der Waals surface area contributed by atoms with Gasteiger partial charge in [0.2, 0.25) is 0 Å². The van der Waals surface area contributed by atoms with Crippen LogP contribution in [0, 0.1) is 17.0 Å². The van der Waals surface area contributed by atoms with Crippen LogP contribution in [0.15, 0.2) is 42.5 Å². The van der Waals surface area contributed by atoms with Crippen molar-refractivity contribution in [3.05, 3.63) is 69.3 Å². The van der Waals surface area contributed by atoms with E-state index in [-0.39, 0.29) is 23.7 Å². The van der Waals surface area contributed by atoms with Crippen LogP contribution in [0.2, 0.25) is 0 Å². The molecule has 8 heteroatoms. The SMILES string of the molecule is Cc1ccc(C(CNc2ccc(C(=O)NC3CC3)cc2[N+](=O)[O-])N2CCOCC2)cc1. The van der Waals surface area contributed by atoms with Gasteiger partial charge in [-0.3, -0.25) is 19.8 Å². The number of amides is 1. The van der Waals surface area contributed by atoms with Crippen molar-refractivity contribution in [2.45, 2.75) is 31.8 Å². The molecule has 2 aromatic rings. The van der Waals surface area contributed by atoms with Gasteiger partial charge < -0.3 is 15.4 Å². The maximum atomic E-state index is 12.3. The molecule has 1 aliphatic heterocycles. The highest BCUT2D eigenvalue weighted by atomic mass is 16.6. The summed E-state index contributed by atoms with van der Waals surface area (Å²) in [5.41, 5.74) is 2.98. The molecule has 0 aromatic heterocycles. The molecule has 2 fully saturated rings. The molecule has 0 bridgehead atoms. The third kappa shape index (κ3) is 5.39. The fourth-order valence-corrected chi connectivity index (χ4v) is 3.81. The van der Waals surface area contributed by atoms with E-state index in [1.807, 2.05) is 0 Å². The average Bonchev–Trinajstić information content (AvgIpc) is 3.59. The number of carbonyl (C=O) groups is 1. The molecule has 4 rings (SSSR count). The first-order valence-corrected chi connectivity index (χ1v) is 10.7. The van der Waals surface area contributed by atoms with Crippen molar-refractivity contribution in [3.63, 3.8) is 0 Å². The van der Waals surface area contributed by atoms with Crippen LogP contribution in [0.3, 0.4) is 0 Å². The number of anilines is 1. The molecule has 1 atom stereocenters. The van der Waals surface area contributed by atoms with Crippen LogP contribution in [0.25, 0.3) is 0 Å². The molecule has 1 amide bonds. The minimum absolute atomic E-state index is 0.0574. The number of nitrogens with zero attached hydrogens (tertiary/aromatic N) is 2. The van der Waals surface area contributed by atoms with Crippen LogP contribution in [0.1, 0.15) is 40.4 Å². The van der Waals surface area contributed by atoms with Crippen LogP contribution in [0.4, 0.5) is 11.4 Å². The average molecular weight is 425 g/mol. The van der Waals surface area contributed by atoms with E-state index < -0.39 is 4.92 Å². The lowest BCUT2D eigenvalue weighted by Crippen LogP contribution is -2.41. The Morgan fingerprint density at radius 3 is 2.55 bits per heavy atom. The first-order chi connectivity index (χ1) is 15.0. The number of hydrogen-bond acceptors (Lipinski definition) is 6. The normalized spacial score (nSPS) is 17.7. The molecule has 2 aromatic carbocycles. The van der Waals surface area contributed by atoms with Crippen LogP contribution in [-0.4, -0.2) is 54.6 Å². The standard InChI is InChI=1S/C23H28N4O4/c1-16-2-4-17(5-3-16)22(26-10-12-31-13-11-26)15-24-20-9-6-18(14-21(20)27(29)30)23(28)25-19-7-8-19/h2-6,9,14,19,22,24H,7-8,10-13,15H2,1H3,(H,25,28). The van der Waals surface area contributed by atoms with Crippen LogP contribution in [0.5, 0.6) is 0 Å². The van der Waals surface area contributed by atoms with E-state index in [1.165, 1.54) is 11.6 Å². The molecule has 1 saturated carbocycles. The van der Waals surface area contributed by atoms with Crippen molar-refractivity contribution in [1.29, 1.82) is 0 Å². The number of nitrogens with one attached hydrogen (secondary N) is 2. The Labute approximate surface area is 181 Å². The van der Waals surface area contributed by atoms with Gasteiger partial charge in [0, 0.05) is 37.3 Å². The second kappa shape index (κ2) is 9.45. The first-order valence-electron chi connectivity index (χ1n) is 10.7. The lowest BCUT2D eigenvalue weighted by Gasteiger charge is -2.35. The Balaban J connectivity index is 1.53. The Morgan fingerprint density at radius 2 is 1.90 bits per heavy atom. The van der Waals surface area contributed by atoms with Crippen molar-refractivity contribution in [3.8, 4) is 0 Å². The molecule has 1 aliphatic carbocycles. The maximum Gasteiger partial charge on any atom is 0.293 e. The van der Waals surface area contributed by atoms with E-state index in [1.54, 1.807) is 12.1 Å². The van der Waals surface area contributed by atoms with Gasteiger partial charge in [-0.2, -0.15) is 0 Å². The minimum Gasteiger partial charge on any atom is -0.379 e. The highest BCUT2D eigenvalue weighted by molar-refractivity contribution is 5.96. The summed E-state index contributed by atoms with van der Waals surface area (Å²) < 4.78 is 5.50. The largest absolute Gasteiger partial charge is 0.379 e. The summed E-state index contributed by atoms with van der Waals surface area (Å²) in [5, 5.41) is 17.8. The van der Waals surface area contributed by atoms with Crippen LogP contribution >= 0.6 is 0 Å². The predicted octanol–water partition coefficient (Wildman–Crippen LogP) is 3.28. The zero-order valence-corrected chi connectivity index (χ0v) is 17.7. The van der Waals surface area contributed by atoms with E-state index in [2.05, 4.69) is 46.7 Å². The number of benzene rings is 2. The van der Waals surface area contributed by atoms with Gasteiger partial charge in [0.05, 0.1) is 24.2 Å². The number of aryl methyl sites for hydroxylation is 1. The number of carbonyl (C=O) groups excluding carboxylic acids is 1. The molecule has 8 nitrogen and oxygen atoms in total. The van der Waals surface area contributed by atoms with E-state index in [9.17, 15) is 14.9 Å². The smallest absolute Gasteiger partial charge is 0.293 e. The molecule has 1 saturated heterocycles. The Bertz CT molecular complexity index is 937. The second-order valence-electron chi connectivity index (χ2n) is 8.19.